The topological polar surface area (TPSA) is 75.6 Å². The molecule has 0 saturated carbocycles. The monoisotopic (exact) mass is 261 g/mol. The normalized spacial score (nSPS) is 16.0. The molecule has 2 rings (SSSR count). The van der Waals surface area contributed by atoms with Crippen molar-refractivity contribution >= 4 is 12.1 Å². The highest BCUT2D eigenvalue weighted by molar-refractivity contribution is 5.85. The highest BCUT2D eigenvalue weighted by atomic mass is 16.5. The van der Waals surface area contributed by atoms with Crippen molar-refractivity contribution in [2.45, 2.75) is 25.0 Å². The fourth-order valence-electron chi connectivity index (χ4n) is 1.94. The number of ether oxygens (including phenoxy) is 1. The second-order valence-electron chi connectivity index (χ2n) is 4.45. The summed E-state index contributed by atoms with van der Waals surface area (Å²) in [4.78, 5) is 22.9. The van der Waals surface area contributed by atoms with Gasteiger partial charge < -0.3 is 15.2 Å². The van der Waals surface area contributed by atoms with Gasteiger partial charge in [-0.15, -0.1) is 0 Å². The molecule has 0 atom stereocenters. The van der Waals surface area contributed by atoms with Crippen molar-refractivity contribution in [3.63, 3.8) is 0 Å². The number of carboxylic acids is 1. The number of amides is 1. The molecule has 100 valence electrons. The fourth-order valence-corrected chi connectivity index (χ4v) is 1.94. The van der Waals surface area contributed by atoms with Crippen LogP contribution in [0.1, 0.15) is 18.4 Å². The number of hydrogen-bond acceptors (Lipinski definition) is 3. The Bertz CT molecular complexity index is 487. The van der Waals surface area contributed by atoms with Crippen LogP contribution in [0.3, 0.4) is 0 Å². The molecule has 5 heteroatoms. The van der Waals surface area contributed by atoms with Gasteiger partial charge in [-0.1, -0.05) is 42.5 Å². The summed E-state index contributed by atoms with van der Waals surface area (Å²) in [6, 6.07) is 9.22. The van der Waals surface area contributed by atoms with E-state index in [1.165, 1.54) is 0 Å². The summed E-state index contributed by atoms with van der Waals surface area (Å²) in [6.07, 6.45) is 3.33. The van der Waals surface area contributed by atoms with Gasteiger partial charge >= 0.3 is 12.1 Å². The van der Waals surface area contributed by atoms with Crippen LogP contribution in [0.5, 0.6) is 0 Å². The first-order valence-electron chi connectivity index (χ1n) is 6.00. The van der Waals surface area contributed by atoms with Gasteiger partial charge in [0.15, 0.2) is 0 Å². The Balaban J connectivity index is 1.89. The van der Waals surface area contributed by atoms with Crippen molar-refractivity contribution in [2.24, 2.45) is 0 Å². The largest absolute Gasteiger partial charge is 0.479 e. The Morgan fingerprint density at radius 3 is 2.42 bits per heavy atom. The molecule has 0 saturated heterocycles. The van der Waals surface area contributed by atoms with Gasteiger partial charge in [0.25, 0.3) is 0 Å². The van der Waals surface area contributed by atoms with Crippen LogP contribution < -0.4 is 5.32 Å². The summed E-state index contributed by atoms with van der Waals surface area (Å²) >= 11 is 0. The van der Waals surface area contributed by atoms with E-state index in [-0.39, 0.29) is 19.4 Å². The molecule has 0 unspecified atom stereocenters. The Kier molecular flexibility index (Phi) is 3.85. The molecule has 2 N–H and O–H groups in total. The second-order valence-corrected chi connectivity index (χ2v) is 4.45. The maximum Gasteiger partial charge on any atom is 0.408 e. The van der Waals surface area contributed by atoms with Gasteiger partial charge in [-0.05, 0) is 18.4 Å². The van der Waals surface area contributed by atoms with Gasteiger partial charge in [-0.25, -0.2) is 9.59 Å². The predicted molar refractivity (Wildman–Crippen MR) is 68.5 cm³/mol. The van der Waals surface area contributed by atoms with Gasteiger partial charge in [0.05, 0.1) is 0 Å². The maximum absolute atomic E-state index is 11.7. The van der Waals surface area contributed by atoms with E-state index in [0.29, 0.717) is 0 Å². The van der Waals surface area contributed by atoms with E-state index in [4.69, 9.17) is 4.74 Å². The zero-order valence-corrected chi connectivity index (χ0v) is 10.3. The van der Waals surface area contributed by atoms with Gasteiger partial charge in [0.2, 0.25) is 0 Å². The molecule has 5 nitrogen and oxygen atoms in total. The van der Waals surface area contributed by atoms with Crippen molar-refractivity contribution in [3.8, 4) is 0 Å². The molecular weight excluding hydrogens is 246 g/mol. The van der Waals surface area contributed by atoms with Gasteiger partial charge in [-0.3, -0.25) is 0 Å². The van der Waals surface area contributed by atoms with Crippen LogP contribution in [0.25, 0.3) is 0 Å². The van der Waals surface area contributed by atoms with Crippen LogP contribution in [0, 0.1) is 0 Å². The lowest BCUT2D eigenvalue weighted by Gasteiger charge is -2.24. The van der Waals surface area contributed by atoms with Crippen molar-refractivity contribution in [2.75, 3.05) is 0 Å². The molecule has 0 spiro atoms. The van der Waals surface area contributed by atoms with Crippen molar-refractivity contribution < 1.29 is 19.4 Å². The molecular formula is C14H15NO4. The van der Waals surface area contributed by atoms with Crippen LogP contribution in [-0.2, 0) is 16.1 Å². The minimum absolute atomic E-state index is 0.121. The summed E-state index contributed by atoms with van der Waals surface area (Å²) in [7, 11) is 0. The van der Waals surface area contributed by atoms with Gasteiger partial charge in [0.1, 0.15) is 12.1 Å². The van der Waals surface area contributed by atoms with E-state index in [0.717, 1.165) is 5.56 Å². The lowest BCUT2D eigenvalue weighted by Crippen LogP contribution is -2.52. The number of alkyl carbamates (subject to hydrolysis) is 1. The Morgan fingerprint density at radius 1 is 1.21 bits per heavy atom. The van der Waals surface area contributed by atoms with E-state index >= 15 is 0 Å². The molecule has 0 aliphatic heterocycles. The van der Waals surface area contributed by atoms with E-state index in [1.807, 2.05) is 30.3 Å². The fraction of sp³-hybridized carbons (Fsp3) is 0.286. The SMILES string of the molecule is O=C(NC1(C(=O)O)CC=CC1)OCc1ccccc1. The van der Waals surface area contributed by atoms with Crippen molar-refractivity contribution in [3.05, 3.63) is 48.0 Å². The van der Waals surface area contributed by atoms with Crippen LogP contribution in [0.2, 0.25) is 0 Å². The molecule has 0 bridgehead atoms. The number of aliphatic carboxylic acids is 1. The molecule has 19 heavy (non-hydrogen) atoms. The minimum Gasteiger partial charge on any atom is -0.479 e. The minimum atomic E-state index is -1.26. The molecule has 0 aromatic heterocycles. The Labute approximate surface area is 110 Å². The molecule has 0 radical (unpaired) electrons. The first-order valence-corrected chi connectivity index (χ1v) is 6.00. The molecule has 0 heterocycles. The van der Waals surface area contributed by atoms with Gasteiger partial charge in [-0.2, -0.15) is 0 Å². The first kappa shape index (κ1) is 13.1. The number of nitrogens with one attached hydrogen (secondary N) is 1. The number of hydrogen-bond donors (Lipinski definition) is 2. The van der Waals surface area contributed by atoms with E-state index in [2.05, 4.69) is 5.32 Å². The maximum atomic E-state index is 11.7. The lowest BCUT2D eigenvalue weighted by molar-refractivity contribution is -0.144. The third kappa shape index (κ3) is 3.13. The van der Waals surface area contributed by atoms with Crippen LogP contribution in [0.4, 0.5) is 4.79 Å². The summed E-state index contributed by atoms with van der Waals surface area (Å²) < 4.78 is 5.02. The second kappa shape index (κ2) is 5.56. The first-order chi connectivity index (χ1) is 9.12. The summed E-state index contributed by atoms with van der Waals surface area (Å²) in [6.45, 7) is 0.121. The highest BCUT2D eigenvalue weighted by Crippen LogP contribution is 2.24. The van der Waals surface area contributed by atoms with Gasteiger partial charge in [0, 0.05) is 0 Å². The molecule has 1 aromatic rings. The number of rotatable bonds is 4. The zero-order chi connectivity index (χ0) is 13.7. The van der Waals surface area contributed by atoms with Crippen LogP contribution in [-0.4, -0.2) is 22.7 Å². The summed E-state index contributed by atoms with van der Waals surface area (Å²) in [5, 5.41) is 11.6. The molecule has 1 aliphatic rings. The Hall–Kier alpha value is -2.30. The number of benzene rings is 1. The molecule has 1 amide bonds. The van der Waals surface area contributed by atoms with Crippen molar-refractivity contribution in [1.82, 2.24) is 5.32 Å². The average Bonchev–Trinajstić information content (AvgIpc) is 2.87. The van der Waals surface area contributed by atoms with E-state index < -0.39 is 17.6 Å². The standard InChI is InChI=1S/C14H15NO4/c16-12(17)14(8-4-5-9-14)15-13(18)19-10-11-6-2-1-3-7-11/h1-7H,8-10H2,(H,15,18)(H,16,17). The van der Waals surface area contributed by atoms with E-state index in [1.54, 1.807) is 12.2 Å². The van der Waals surface area contributed by atoms with Crippen LogP contribution >= 0.6 is 0 Å². The molecule has 0 fully saturated rings. The average molecular weight is 261 g/mol. The lowest BCUT2D eigenvalue weighted by atomic mass is 9.97. The molecule has 1 aromatic carbocycles. The molecule has 1 aliphatic carbocycles. The van der Waals surface area contributed by atoms with E-state index in [9.17, 15) is 14.7 Å². The van der Waals surface area contributed by atoms with Crippen molar-refractivity contribution in [1.29, 1.82) is 0 Å². The third-order valence-corrected chi connectivity index (χ3v) is 3.06. The Morgan fingerprint density at radius 2 is 1.84 bits per heavy atom. The highest BCUT2D eigenvalue weighted by Gasteiger charge is 2.40. The summed E-state index contributed by atoms with van der Waals surface area (Å²) in [5.74, 6) is -1.05. The quantitative estimate of drug-likeness (QED) is 0.814. The zero-order valence-electron chi connectivity index (χ0n) is 10.3. The number of carbonyl (C=O) groups is 2. The predicted octanol–water partition coefficient (Wildman–Crippen LogP) is 2.09. The third-order valence-electron chi connectivity index (χ3n) is 3.06. The smallest absolute Gasteiger partial charge is 0.408 e. The number of carbonyl (C=O) groups excluding carboxylic acids is 1. The van der Waals surface area contributed by atoms with Crippen LogP contribution in [0.15, 0.2) is 42.5 Å². The number of carboxylic acid groups (broad SMARTS) is 1. The summed E-state index contributed by atoms with van der Waals surface area (Å²) in [5.41, 5.74) is -0.403.